The quantitative estimate of drug-likeness (QED) is 0.582. The van der Waals surface area contributed by atoms with Gasteiger partial charge in [-0.3, -0.25) is 9.69 Å². The van der Waals surface area contributed by atoms with Crippen molar-refractivity contribution >= 4 is 35.0 Å². The molecule has 1 saturated heterocycles. The Labute approximate surface area is 163 Å². The van der Waals surface area contributed by atoms with E-state index in [0.717, 1.165) is 11.3 Å². The van der Waals surface area contributed by atoms with Gasteiger partial charge in [0, 0.05) is 7.05 Å². The topological polar surface area (TPSA) is 51.2 Å². The summed E-state index contributed by atoms with van der Waals surface area (Å²) < 4.78 is 16.1. The van der Waals surface area contributed by atoms with Gasteiger partial charge in [0.1, 0.15) is 5.70 Å². The number of hydrogen-bond acceptors (Lipinski definition) is 5. The van der Waals surface area contributed by atoms with Crippen LogP contribution in [0.5, 0.6) is 17.2 Å². The lowest BCUT2D eigenvalue weighted by molar-refractivity contribution is -0.114. The average Bonchev–Trinajstić information content (AvgIpc) is 2.91. The zero-order valence-corrected chi connectivity index (χ0v) is 16.4. The van der Waals surface area contributed by atoms with Gasteiger partial charge in [-0.2, -0.15) is 0 Å². The molecule has 0 saturated carbocycles. The van der Waals surface area contributed by atoms with Crippen molar-refractivity contribution in [1.29, 1.82) is 0 Å². The minimum atomic E-state index is -0.192. The van der Waals surface area contributed by atoms with Crippen molar-refractivity contribution in [2.24, 2.45) is 0 Å². The third-order valence-electron chi connectivity index (χ3n) is 4.27. The number of rotatable bonds is 5. The zero-order valence-electron chi connectivity index (χ0n) is 15.6. The highest BCUT2D eigenvalue weighted by Gasteiger charge is 2.36. The van der Waals surface area contributed by atoms with Crippen molar-refractivity contribution in [3.63, 3.8) is 0 Å². The number of nitrogens with zero attached hydrogens (tertiary/aromatic N) is 2. The first kappa shape index (κ1) is 18.7. The lowest BCUT2D eigenvalue weighted by Gasteiger charge is -2.16. The highest BCUT2D eigenvalue weighted by atomic mass is 32.1. The monoisotopic (exact) mass is 384 g/mol. The smallest absolute Gasteiger partial charge is 0.281 e. The largest absolute Gasteiger partial charge is 0.493 e. The number of amides is 1. The Morgan fingerprint density at radius 1 is 0.963 bits per heavy atom. The second-order valence-corrected chi connectivity index (χ2v) is 6.17. The highest BCUT2D eigenvalue weighted by Crippen LogP contribution is 2.39. The molecule has 0 aromatic heterocycles. The fourth-order valence-electron chi connectivity index (χ4n) is 2.90. The predicted octanol–water partition coefficient (Wildman–Crippen LogP) is 3.32. The third-order valence-corrected chi connectivity index (χ3v) is 4.72. The van der Waals surface area contributed by atoms with Crippen molar-refractivity contribution in [2.45, 2.75) is 0 Å². The van der Waals surface area contributed by atoms with E-state index in [2.05, 4.69) is 0 Å². The molecule has 0 atom stereocenters. The van der Waals surface area contributed by atoms with Crippen LogP contribution in [0.2, 0.25) is 0 Å². The molecule has 2 aromatic rings. The Bertz CT molecular complexity index is 886. The molecule has 1 aliphatic rings. The highest BCUT2D eigenvalue weighted by molar-refractivity contribution is 7.80. The first-order chi connectivity index (χ1) is 13.0. The molecule has 0 unspecified atom stereocenters. The maximum Gasteiger partial charge on any atom is 0.281 e. The summed E-state index contributed by atoms with van der Waals surface area (Å²) >= 11 is 5.47. The van der Waals surface area contributed by atoms with Crippen LogP contribution >= 0.6 is 12.2 Å². The Hall–Kier alpha value is -3.06. The van der Waals surface area contributed by atoms with Crippen LogP contribution in [0.3, 0.4) is 0 Å². The van der Waals surface area contributed by atoms with E-state index < -0.39 is 0 Å². The number of benzene rings is 2. The number of ether oxygens (including phenoxy) is 3. The van der Waals surface area contributed by atoms with Gasteiger partial charge >= 0.3 is 0 Å². The van der Waals surface area contributed by atoms with E-state index in [0.29, 0.717) is 28.1 Å². The molecule has 0 aliphatic carbocycles. The Morgan fingerprint density at radius 3 is 2.07 bits per heavy atom. The van der Waals surface area contributed by atoms with Crippen molar-refractivity contribution in [3.05, 3.63) is 53.7 Å². The summed E-state index contributed by atoms with van der Waals surface area (Å²) in [5, 5.41) is 0.421. The minimum Gasteiger partial charge on any atom is -0.493 e. The Morgan fingerprint density at radius 2 is 1.56 bits per heavy atom. The van der Waals surface area contributed by atoms with Gasteiger partial charge in [0.05, 0.1) is 27.0 Å². The number of para-hydroxylation sites is 1. The number of carbonyl (C=O) groups excluding carboxylic acids is 1. The molecule has 1 aliphatic heterocycles. The van der Waals surface area contributed by atoms with E-state index in [1.54, 1.807) is 51.5 Å². The fourth-order valence-corrected chi connectivity index (χ4v) is 3.19. The fraction of sp³-hybridized carbons (Fsp3) is 0.200. The summed E-state index contributed by atoms with van der Waals surface area (Å²) in [6.07, 6.45) is 1.75. The number of methoxy groups -OCH3 is 3. The summed E-state index contributed by atoms with van der Waals surface area (Å²) in [5.74, 6) is 1.33. The molecule has 0 spiro atoms. The van der Waals surface area contributed by atoms with Crippen molar-refractivity contribution in [1.82, 2.24) is 4.90 Å². The molecule has 1 fully saturated rings. The molecule has 27 heavy (non-hydrogen) atoms. The van der Waals surface area contributed by atoms with Crippen molar-refractivity contribution < 1.29 is 19.0 Å². The molecule has 2 aromatic carbocycles. The Kier molecular flexibility index (Phi) is 5.32. The first-order valence-corrected chi connectivity index (χ1v) is 8.61. The minimum absolute atomic E-state index is 0.192. The molecule has 0 bridgehead atoms. The average molecular weight is 384 g/mol. The van der Waals surface area contributed by atoms with Gasteiger partial charge in [-0.15, -0.1) is 0 Å². The molecular formula is C20H20N2O4S. The van der Waals surface area contributed by atoms with Crippen LogP contribution in [0, 0.1) is 0 Å². The number of thiocarbonyl (C=S) groups is 1. The van der Waals surface area contributed by atoms with Gasteiger partial charge in [0.25, 0.3) is 5.91 Å². The van der Waals surface area contributed by atoms with Crippen molar-refractivity contribution in [3.8, 4) is 17.2 Å². The summed E-state index contributed by atoms with van der Waals surface area (Å²) in [6.45, 7) is 0. The molecule has 7 heteroatoms. The summed E-state index contributed by atoms with van der Waals surface area (Å²) in [5.41, 5.74) is 1.92. The van der Waals surface area contributed by atoms with Crippen LogP contribution in [-0.2, 0) is 4.79 Å². The summed E-state index contributed by atoms with van der Waals surface area (Å²) in [4.78, 5) is 16.2. The first-order valence-electron chi connectivity index (χ1n) is 8.20. The predicted molar refractivity (Wildman–Crippen MR) is 108 cm³/mol. The molecule has 6 nitrogen and oxygen atoms in total. The number of anilines is 1. The van der Waals surface area contributed by atoms with E-state index >= 15 is 0 Å². The van der Waals surface area contributed by atoms with E-state index in [-0.39, 0.29) is 5.91 Å². The Balaban J connectivity index is 2.05. The SMILES string of the molecule is COc1cc(C=C2C(=O)N(c3ccccc3)C(=S)N2C)cc(OC)c1OC. The van der Waals surface area contributed by atoms with Crippen LogP contribution < -0.4 is 19.1 Å². The molecule has 140 valence electrons. The molecule has 3 rings (SSSR count). The zero-order chi connectivity index (χ0) is 19.6. The van der Waals surface area contributed by atoms with Crippen LogP contribution in [0.25, 0.3) is 6.08 Å². The number of hydrogen-bond donors (Lipinski definition) is 0. The van der Waals surface area contributed by atoms with E-state index in [9.17, 15) is 4.79 Å². The molecule has 0 radical (unpaired) electrons. The second kappa shape index (κ2) is 7.67. The molecule has 1 heterocycles. The molecular weight excluding hydrogens is 364 g/mol. The number of carbonyl (C=O) groups is 1. The molecule has 1 amide bonds. The van der Waals surface area contributed by atoms with Crippen LogP contribution in [0.4, 0.5) is 5.69 Å². The second-order valence-electron chi connectivity index (χ2n) is 5.81. The van der Waals surface area contributed by atoms with Crippen molar-refractivity contribution in [2.75, 3.05) is 33.3 Å². The van der Waals surface area contributed by atoms with E-state index in [1.807, 2.05) is 30.3 Å². The van der Waals surface area contributed by atoms with Crippen LogP contribution in [0.15, 0.2) is 48.2 Å². The third kappa shape index (κ3) is 3.33. The van der Waals surface area contributed by atoms with E-state index in [4.69, 9.17) is 26.4 Å². The summed E-state index contributed by atoms with van der Waals surface area (Å²) in [7, 11) is 6.41. The van der Waals surface area contributed by atoms with Crippen LogP contribution in [0.1, 0.15) is 5.56 Å². The van der Waals surface area contributed by atoms with Crippen LogP contribution in [-0.4, -0.2) is 44.3 Å². The summed E-state index contributed by atoms with van der Waals surface area (Å²) in [6, 6.07) is 12.9. The van der Waals surface area contributed by atoms with Gasteiger partial charge in [-0.25, -0.2) is 0 Å². The van der Waals surface area contributed by atoms with Gasteiger partial charge in [-0.05, 0) is 48.1 Å². The van der Waals surface area contributed by atoms with E-state index in [1.165, 1.54) is 4.90 Å². The standard InChI is InChI=1S/C20H20N2O4S/c1-21-15(19(23)22(20(21)27)14-8-6-5-7-9-14)10-13-11-16(24-2)18(26-4)17(12-13)25-3/h5-12H,1-4H3. The maximum absolute atomic E-state index is 13.0. The normalized spacial score (nSPS) is 15.5. The molecule has 0 N–H and O–H groups in total. The maximum atomic E-state index is 13.0. The van der Waals surface area contributed by atoms with Gasteiger partial charge in [-0.1, -0.05) is 18.2 Å². The lowest BCUT2D eigenvalue weighted by atomic mass is 10.1. The number of likely N-dealkylation sites (N-methyl/N-ethyl adjacent to an activating group) is 1. The van der Waals surface area contributed by atoms with Gasteiger partial charge in [0.2, 0.25) is 5.75 Å². The lowest BCUT2D eigenvalue weighted by Crippen LogP contribution is -2.30. The van der Waals surface area contributed by atoms with Gasteiger partial charge < -0.3 is 19.1 Å². The van der Waals surface area contributed by atoms with Gasteiger partial charge in [0.15, 0.2) is 16.6 Å².